The summed E-state index contributed by atoms with van der Waals surface area (Å²) in [5.41, 5.74) is 14.7. The first-order valence-electron chi connectivity index (χ1n) is 17.0. The Morgan fingerprint density at radius 2 is 0.820 bits per heavy atom. The Hall–Kier alpha value is -6.03. The Kier molecular flexibility index (Phi) is 6.68. The molecule has 1 aliphatic carbocycles. The third kappa shape index (κ3) is 4.44. The maximum atomic E-state index is 5.25. The minimum atomic E-state index is -0.439. The Morgan fingerprint density at radius 3 is 1.50 bits per heavy atom. The topological polar surface area (TPSA) is 25.8 Å². The average molecular weight is 655 g/mol. The van der Waals surface area contributed by atoms with Gasteiger partial charge in [-0.05, 0) is 68.8 Å². The van der Waals surface area contributed by atoms with Gasteiger partial charge in [-0.3, -0.25) is 0 Å². The molecule has 10 rings (SSSR count). The zero-order valence-electron chi connectivity index (χ0n) is 27.1. The lowest BCUT2D eigenvalue weighted by Crippen LogP contribution is -2.31. The van der Waals surface area contributed by atoms with E-state index in [0.29, 0.717) is 5.82 Å². The van der Waals surface area contributed by atoms with Gasteiger partial charge in [-0.1, -0.05) is 169 Å². The highest BCUT2D eigenvalue weighted by molar-refractivity contribution is 7.99. The molecule has 1 aromatic heterocycles. The standard InChI is InChI=1S/C47H30N2S/c1-3-13-31(14-4-1)32-23-25-33(26-24-32)42-30-43(49-46(48-42)34-15-5-2-6-16-34)35-27-28-37-36-17-7-8-18-38(36)47(41(37)29-35)39-19-9-11-21-44(39)50-45-22-12-10-20-40(45)47/h1-30H. The summed E-state index contributed by atoms with van der Waals surface area (Å²) < 4.78 is 0. The molecule has 0 saturated carbocycles. The van der Waals surface area contributed by atoms with Gasteiger partial charge in [-0.15, -0.1) is 0 Å². The maximum Gasteiger partial charge on any atom is 0.160 e. The van der Waals surface area contributed by atoms with Gasteiger partial charge < -0.3 is 0 Å². The predicted octanol–water partition coefficient (Wildman–Crippen LogP) is 12.0. The van der Waals surface area contributed by atoms with Crippen molar-refractivity contribution < 1.29 is 0 Å². The van der Waals surface area contributed by atoms with E-state index < -0.39 is 5.41 Å². The summed E-state index contributed by atoms with van der Waals surface area (Å²) in [6.07, 6.45) is 0. The highest BCUT2D eigenvalue weighted by Gasteiger charge is 2.50. The van der Waals surface area contributed by atoms with Gasteiger partial charge in [0.2, 0.25) is 0 Å². The van der Waals surface area contributed by atoms with Gasteiger partial charge in [0.25, 0.3) is 0 Å². The van der Waals surface area contributed by atoms with Crippen LogP contribution in [0, 0.1) is 0 Å². The van der Waals surface area contributed by atoms with Gasteiger partial charge in [0.1, 0.15) is 0 Å². The van der Waals surface area contributed by atoms with Gasteiger partial charge >= 0.3 is 0 Å². The van der Waals surface area contributed by atoms with E-state index in [1.54, 1.807) is 0 Å². The SMILES string of the molecule is c1ccc(-c2ccc(-c3cc(-c4ccc5c(c4)C4(c6ccccc6Sc6ccccc64)c4ccccc4-5)nc(-c4ccccc4)n3)cc2)cc1. The van der Waals surface area contributed by atoms with Crippen molar-refractivity contribution in [2.24, 2.45) is 0 Å². The summed E-state index contributed by atoms with van der Waals surface area (Å²) in [4.78, 5) is 13.0. The molecule has 3 heteroatoms. The van der Waals surface area contributed by atoms with Crippen molar-refractivity contribution in [3.63, 3.8) is 0 Å². The van der Waals surface area contributed by atoms with Crippen molar-refractivity contribution >= 4 is 11.8 Å². The normalized spacial score (nSPS) is 13.3. The summed E-state index contributed by atoms with van der Waals surface area (Å²) in [5.74, 6) is 0.716. The fourth-order valence-corrected chi connectivity index (χ4v) is 9.13. The molecule has 0 amide bonds. The third-order valence-corrected chi connectivity index (χ3v) is 11.3. The van der Waals surface area contributed by atoms with Gasteiger partial charge in [0, 0.05) is 26.5 Å². The van der Waals surface area contributed by atoms with E-state index in [1.165, 1.54) is 54.3 Å². The van der Waals surface area contributed by atoms with Gasteiger partial charge in [-0.2, -0.15) is 0 Å². The number of hydrogen-bond acceptors (Lipinski definition) is 3. The zero-order valence-corrected chi connectivity index (χ0v) is 27.9. The van der Waals surface area contributed by atoms with E-state index in [4.69, 9.17) is 9.97 Å². The Bertz CT molecular complexity index is 2510. The molecule has 0 unspecified atom stereocenters. The minimum Gasteiger partial charge on any atom is -0.228 e. The van der Waals surface area contributed by atoms with Crippen LogP contribution < -0.4 is 0 Å². The third-order valence-electron chi connectivity index (χ3n) is 10.2. The molecule has 0 atom stereocenters. The van der Waals surface area contributed by atoms with E-state index in [2.05, 4.69) is 164 Å². The quantitative estimate of drug-likeness (QED) is 0.189. The van der Waals surface area contributed by atoms with Crippen LogP contribution >= 0.6 is 11.8 Å². The molecule has 0 bridgehead atoms. The van der Waals surface area contributed by atoms with Crippen LogP contribution in [0.2, 0.25) is 0 Å². The van der Waals surface area contributed by atoms with Gasteiger partial charge in [0.15, 0.2) is 5.82 Å². The van der Waals surface area contributed by atoms with Crippen LogP contribution in [0.5, 0.6) is 0 Å². The van der Waals surface area contributed by atoms with Crippen LogP contribution in [-0.4, -0.2) is 9.97 Å². The first kappa shape index (κ1) is 28.9. The summed E-state index contributed by atoms with van der Waals surface area (Å²) in [6, 6.07) is 65.5. The van der Waals surface area contributed by atoms with E-state index in [1.807, 2.05) is 30.0 Å². The summed E-state index contributed by atoms with van der Waals surface area (Å²) in [5, 5.41) is 0. The molecule has 50 heavy (non-hydrogen) atoms. The van der Waals surface area contributed by atoms with Crippen LogP contribution in [0.15, 0.2) is 192 Å². The molecule has 234 valence electrons. The Balaban J connectivity index is 1.19. The van der Waals surface area contributed by atoms with Crippen LogP contribution in [0.25, 0.3) is 56.2 Å². The summed E-state index contributed by atoms with van der Waals surface area (Å²) in [6.45, 7) is 0. The van der Waals surface area contributed by atoms with Crippen LogP contribution in [-0.2, 0) is 5.41 Å². The fourth-order valence-electron chi connectivity index (χ4n) is 7.94. The molecule has 8 aromatic rings. The lowest BCUT2D eigenvalue weighted by Gasteiger charge is -2.39. The number of fused-ring (bicyclic) bond motifs is 9. The molecule has 2 aliphatic rings. The molecular weight excluding hydrogens is 625 g/mol. The first-order chi connectivity index (χ1) is 24.8. The second kappa shape index (κ2) is 11.5. The van der Waals surface area contributed by atoms with E-state index in [0.717, 1.165) is 28.1 Å². The van der Waals surface area contributed by atoms with Crippen molar-refractivity contribution in [3.8, 4) is 56.2 Å². The van der Waals surface area contributed by atoms with E-state index in [9.17, 15) is 0 Å². The van der Waals surface area contributed by atoms with Crippen molar-refractivity contribution in [2.75, 3.05) is 0 Å². The lowest BCUT2D eigenvalue weighted by molar-refractivity contribution is 0.722. The molecule has 0 saturated heterocycles. The van der Waals surface area contributed by atoms with E-state index in [-0.39, 0.29) is 0 Å². The van der Waals surface area contributed by atoms with Crippen molar-refractivity contribution in [2.45, 2.75) is 15.2 Å². The van der Waals surface area contributed by atoms with Gasteiger partial charge in [-0.25, -0.2) is 9.97 Å². The molecule has 0 fully saturated rings. The highest BCUT2D eigenvalue weighted by Crippen LogP contribution is 2.62. The molecule has 1 aliphatic heterocycles. The second-order valence-electron chi connectivity index (χ2n) is 12.9. The molecule has 2 nitrogen and oxygen atoms in total. The monoisotopic (exact) mass is 654 g/mol. The smallest absolute Gasteiger partial charge is 0.160 e. The molecule has 0 N–H and O–H groups in total. The minimum absolute atomic E-state index is 0.439. The summed E-state index contributed by atoms with van der Waals surface area (Å²) in [7, 11) is 0. The number of rotatable bonds is 4. The zero-order chi connectivity index (χ0) is 33.1. The number of benzene rings is 7. The molecular formula is C47H30N2S. The van der Waals surface area contributed by atoms with Crippen LogP contribution in [0.3, 0.4) is 0 Å². The van der Waals surface area contributed by atoms with Gasteiger partial charge in [0.05, 0.1) is 16.8 Å². The molecule has 2 heterocycles. The molecule has 7 aromatic carbocycles. The highest BCUT2D eigenvalue weighted by atomic mass is 32.2. The predicted molar refractivity (Wildman–Crippen MR) is 205 cm³/mol. The Labute approximate surface area is 296 Å². The Morgan fingerprint density at radius 1 is 0.340 bits per heavy atom. The number of hydrogen-bond donors (Lipinski definition) is 0. The maximum absolute atomic E-state index is 5.25. The molecule has 0 radical (unpaired) electrons. The van der Waals surface area contributed by atoms with E-state index >= 15 is 0 Å². The summed E-state index contributed by atoms with van der Waals surface area (Å²) >= 11 is 1.87. The van der Waals surface area contributed by atoms with Crippen molar-refractivity contribution in [1.29, 1.82) is 0 Å². The van der Waals surface area contributed by atoms with Crippen LogP contribution in [0.4, 0.5) is 0 Å². The largest absolute Gasteiger partial charge is 0.228 e. The molecule has 1 spiro atoms. The van der Waals surface area contributed by atoms with Crippen LogP contribution in [0.1, 0.15) is 22.3 Å². The second-order valence-corrected chi connectivity index (χ2v) is 14.0. The van der Waals surface area contributed by atoms with Crippen molar-refractivity contribution in [1.82, 2.24) is 9.97 Å². The fraction of sp³-hybridized carbons (Fsp3) is 0.0213. The number of aromatic nitrogens is 2. The van der Waals surface area contributed by atoms with Crippen molar-refractivity contribution in [3.05, 3.63) is 204 Å². The first-order valence-corrected chi connectivity index (χ1v) is 17.8. The number of nitrogens with zero attached hydrogens (tertiary/aromatic N) is 2. The average Bonchev–Trinajstić information content (AvgIpc) is 3.48. The lowest BCUT2D eigenvalue weighted by atomic mass is 9.67.